The summed E-state index contributed by atoms with van der Waals surface area (Å²) in [6.07, 6.45) is 2.48. The Morgan fingerprint density at radius 3 is 2.91 bits per heavy atom. The van der Waals surface area contributed by atoms with Crippen LogP contribution in [0.2, 0.25) is 0 Å². The van der Waals surface area contributed by atoms with Crippen molar-refractivity contribution in [2.24, 2.45) is 0 Å². The number of pyridine rings is 1. The Morgan fingerprint density at radius 1 is 1.27 bits per heavy atom. The van der Waals surface area contributed by atoms with Crippen LogP contribution in [0, 0.1) is 0 Å². The standard InChI is InChI=1S/C14H16N6OS/c1-2-10-9-12(21)20-14(18-10)22-13(19-20)17-8-7-16-11-5-3-4-6-15-11/h3-6,9H,2,7-8H2,1H3,(H,15,16)(H,17,19). The molecule has 3 aromatic heterocycles. The van der Waals surface area contributed by atoms with Gasteiger partial charge in [0.15, 0.2) is 0 Å². The van der Waals surface area contributed by atoms with E-state index >= 15 is 0 Å². The number of anilines is 2. The fourth-order valence-electron chi connectivity index (χ4n) is 1.94. The molecule has 0 aliphatic carbocycles. The van der Waals surface area contributed by atoms with Crippen LogP contribution in [0.5, 0.6) is 0 Å². The summed E-state index contributed by atoms with van der Waals surface area (Å²) < 4.78 is 1.33. The maximum Gasteiger partial charge on any atom is 0.275 e. The van der Waals surface area contributed by atoms with Gasteiger partial charge >= 0.3 is 0 Å². The lowest BCUT2D eigenvalue weighted by molar-refractivity contribution is 0.874. The van der Waals surface area contributed by atoms with Gasteiger partial charge in [-0.1, -0.05) is 24.3 Å². The fraction of sp³-hybridized carbons (Fsp3) is 0.286. The molecule has 22 heavy (non-hydrogen) atoms. The lowest BCUT2D eigenvalue weighted by Crippen LogP contribution is -2.16. The number of aryl methyl sites for hydroxylation is 1. The zero-order chi connectivity index (χ0) is 15.4. The van der Waals surface area contributed by atoms with Gasteiger partial charge in [-0.05, 0) is 18.6 Å². The van der Waals surface area contributed by atoms with E-state index in [9.17, 15) is 4.79 Å². The van der Waals surface area contributed by atoms with Crippen molar-refractivity contribution in [3.63, 3.8) is 0 Å². The molecule has 0 atom stereocenters. The molecule has 0 aliphatic rings. The number of nitrogens with zero attached hydrogens (tertiary/aromatic N) is 4. The number of hydrogen-bond donors (Lipinski definition) is 2. The Labute approximate surface area is 131 Å². The van der Waals surface area contributed by atoms with Crippen molar-refractivity contribution < 1.29 is 0 Å². The SMILES string of the molecule is CCc1cc(=O)n2nc(NCCNc3ccccn3)sc2n1. The van der Waals surface area contributed by atoms with Crippen LogP contribution in [0.3, 0.4) is 0 Å². The summed E-state index contributed by atoms with van der Waals surface area (Å²) in [6, 6.07) is 7.24. The monoisotopic (exact) mass is 316 g/mol. The first-order chi connectivity index (χ1) is 10.8. The molecule has 0 radical (unpaired) electrons. The Hall–Kier alpha value is -2.48. The van der Waals surface area contributed by atoms with Gasteiger partial charge in [-0.2, -0.15) is 4.52 Å². The smallest absolute Gasteiger partial charge is 0.275 e. The minimum Gasteiger partial charge on any atom is -0.368 e. The van der Waals surface area contributed by atoms with E-state index in [1.807, 2.05) is 25.1 Å². The summed E-state index contributed by atoms with van der Waals surface area (Å²) >= 11 is 1.37. The first-order valence-corrected chi connectivity index (χ1v) is 7.86. The molecule has 0 saturated heterocycles. The van der Waals surface area contributed by atoms with E-state index in [0.717, 1.165) is 17.9 Å². The minimum atomic E-state index is -0.141. The quantitative estimate of drug-likeness (QED) is 0.673. The van der Waals surface area contributed by atoms with E-state index in [1.54, 1.807) is 6.20 Å². The highest BCUT2D eigenvalue weighted by Gasteiger charge is 2.07. The lowest BCUT2D eigenvalue weighted by Gasteiger charge is -2.04. The van der Waals surface area contributed by atoms with Gasteiger partial charge in [-0.25, -0.2) is 9.97 Å². The first kappa shape index (κ1) is 14.5. The molecule has 114 valence electrons. The molecule has 3 heterocycles. The molecule has 0 fully saturated rings. The summed E-state index contributed by atoms with van der Waals surface area (Å²) in [6.45, 7) is 3.35. The molecule has 0 bridgehead atoms. The molecular formula is C14H16N6OS. The molecule has 8 heteroatoms. The second kappa shape index (κ2) is 6.52. The molecule has 0 aliphatic heterocycles. The average molecular weight is 316 g/mol. The number of fused-ring (bicyclic) bond motifs is 1. The van der Waals surface area contributed by atoms with Gasteiger partial charge in [-0.3, -0.25) is 4.79 Å². The summed E-state index contributed by atoms with van der Waals surface area (Å²) in [5.41, 5.74) is 0.648. The molecule has 3 aromatic rings. The maximum absolute atomic E-state index is 11.9. The van der Waals surface area contributed by atoms with E-state index in [-0.39, 0.29) is 5.56 Å². The number of nitrogens with one attached hydrogen (secondary N) is 2. The van der Waals surface area contributed by atoms with Crippen molar-refractivity contribution in [2.45, 2.75) is 13.3 Å². The first-order valence-electron chi connectivity index (χ1n) is 7.05. The second-order valence-corrected chi connectivity index (χ2v) is 5.57. The second-order valence-electron chi connectivity index (χ2n) is 4.61. The average Bonchev–Trinajstić information content (AvgIpc) is 2.96. The van der Waals surface area contributed by atoms with E-state index in [1.165, 1.54) is 21.9 Å². The van der Waals surface area contributed by atoms with Gasteiger partial charge in [0, 0.05) is 31.0 Å². The van der Waals surface area contributed by atoms with Crippen molar-refractivity contribution in [1.82, 2.24) is 19.6 Å². The Morgan fingerprint density at radius 2 is 2.14 bits per heavy atom. The normalized spacial score (nSPS) is 10.8. The molecule has 0 saturated carbocycles. The van der Waals surface area contributed by atoms with E-state index < -0.39 is 0 Å². The van der Waals surface area contributed by atoms with Crippen molar-refractivity contribution >= 4 is 27.2 Å². The van der Waals surface area contributed by atoms with Gasteiger partial charge in [0.25, 0.3) is 5.56 Å². The number of aromatic nitrogens is 4. The molecule has 0 aromatic carbocycles. The fourth-order valence-corrected chi connectivity index (χ4v) is 2.79. The minimum absolute atomic E-state index is 0.141. The van der Waals surface area contributed by atoms with Crippen LogP contribution in [-0.4, -0.2) is 32.7 Å². The zero-order valence-corrected chi connectivity index (χ0v) is 12.9. The summed E-state index contributed by atoms with van der Waals surface area (Å²) in [7, 11) is 0. The van der Waals surface area contributed by atoms with E-state index in [2.05, 4.69) is 25.7 Å². The van der Waals surface area contributed by atoms with Crippen LogP contribution >= 0.6 is 11.3 Å². The van der Waals surface area contributed by atoms with Gasteiger partial charge in [0.05, 0.1) is 0 Å². The van der Waals surface area contributed by atoms with Gasteiger partial charge < -0.3 is 10.6 Å². The lowest BCUT2D eigenvalue weighted by atomic mass is 10.3. The Bertz CT molecular complexity index is 813. The number of hydrogen-bond acceptors (Lipinski definition) is 7. The highest BCUT2D eigenvalue weighted by Crippen LogP contribution is 2.16. The molecule has 7 nitrogen and oxygen atoms in total. The van der Waals surface area contributed by atoms with E-state index in [4.69, 9.17) is 0 Å². The van der Waals surface area contributed by atoms with Crippen LogP contribution in [0.1, 0.15) is 12.6 Å². The third-order valence-electron chi connectivity index (χ3n) is 3.03. The predicted octanol–water partition coefficient (Wildman–Crippen LogP) is 1.63. The highest BCUT2D eigenvalue weighted by atomic mass is 32.1. The molecule has 0 spiro atoms. The van der Waals surface area contributed by atoms with Gasteiger partial charge in [0.1, 0.15) is 5.82 Å². The molecule has 3 rings (SSSR count). The third-order valence-corrected chi connectivity index (χ3v) is 3.90. The van der Waals surface area contributed by atoms with Crippen LogP contribution in [0.25, 0.3) is 4.96 Å². The molecular weight excluding hydrogens is 300 g/mol. The molecule has 0 unspecified atom stereocenters. The number of rotatable bonds is 6. The Balaban J connectivity index is 1.62. The van der Waals surface area contributed by atoms with Crippen molar-refractivity contribution in [2.75, 3.05) is 23.7 Å². The highest BCUT2D eigenvalue weighted by molar-refractivity contribution is 7.20. The zero-order valence-electron chi connectivity index (χ0n) is 12.1. The molecule has 2 N–H and O–H groups in total. The van der Waals surface area contributed by atoms with Gasteiger partial charge in [-0.15, -0.1) is 5.10 Å². The largest absolute Gasteiger partial charge is 0.368 e. The van der Waals surface area contributed by atoms with Gasteiger partial charge in [0.2, 0.25) is 10.1 Å². The van der Waals surface area contributed by atoms with Crippen LogP contribution in [-0.2, 0) is 6.42 Å². The van der Waals surface area contributed by atoms with Crippen LogP contribution in [0.4, 0.5) is 10.9 Å². The van der Waals surface area contributed by atoms with Crippen molar-refractivity contribution in [3.05, 3.63) is 46.5 Å². The Kier molecular flexibility index (Phi) is 4.29. The summed E-state index contributed by atoms with van der Waals surface area (Å²) in [5.74, 6) is 0.832. The van der Waals surface area contributed by atoms with E-state index in [0.29, 0.717) is 23.2 Å². The summed E-state index contributed by atoms with van der Waals surface area (Å²) in [4.78, 5) is 21.1. The predicted molar refractivity (Wildman–Crippen MR) is 87.7 cm³/mol. The summed E-state index contributed by atoms with van der Waals surface area (Å²) in [5, 5.41) is 11.3. The van der Waals surface area contributed by atoms with Crippen molar-refractivity contribution in [3.8, 4) is 0 Å². The van der Waals surface area contributed by atoms with Crippen LogP contribution in [0.15, 0.2) is 35.3 Å². The van der Waals surface area contributed by atoms with Crippen LogP contribution < -0.4 is 16.2 Å². The molecule has 0 amide bonds. The maximum atomic E-state index is 11.9. The topological polar surface area (TPSA) is 84.2 Å². The third kappa shape index (κ3) is 3.22. The van der Waals surface area contributed by atoms with Crippen molar-refractivity contribution in [1.29, 1.82) is 0 Å².